The van der Waals surface area contributed by atoms with Crippen LogP contribution in [0.4, 0.5) is 0 Å². The van der Waals surface area contributed by atoms with Crippen LogP contribution in [0.2, 0.25) is 0 Å². The lowest BCUT2D eigenvalue weighted by atomic mass is 9.98. The highest BCUT2D eigenvalue weighted by Crippen LogP contribution is 2.34. The van der Waals surface area contributed by atoms with Gasteiger partial charge in [-0.05, 0) is 48.7 Å². The first-order valence-electron chi connectivity index (χ1n) is 37.7. The zero-order chi connectivity index (χ0) is 83.8. The smallest absolute Gasteiger partial charge is 0.220 e. The highest BCUT2D eigenvalue weighted by Gasteiger charge is 2.52. The largest absolute Gasteiger partial charge is 0.394 e. The number of nitrogens with one attached hydrogen (secondary N) is 2. The van der Waals surface area contributed by atoms with Crippen molar-refractivity contribution >= 4 is 94.1 Å². The van der Waals surface area contributed by atoms with Gasteiger partial charge in [0.15, 0.2) is 25.2 Å². The maximum absolute atomic E-state index is 11.8. The maximum Gasteiger partial charge on any atom is 0.220 e. The Bertz CT molecular complexity index is 2660. The molecule has 30 atom stereocenters. The molecule has 6 aliphatic rings. The van der Waals surface area contributed by atoms with Crippen molar-refractivity contribution in [2.45, 2.75) is 221 Å². The zero-order valence-electron chi connectivity index (χ0n) is 64.2. The van der Waals surface area contributed by atoms with Gasteiger partial charge in [0.05, 0.1) is 51.1 Å². The molecule has 6 heterocycles. The van der Waals surface area contributed by atoms with Gasteiger partial charge >= 0.3 is 0 Å². The molecular weight excluding hydrogens is 1640 g/mol. The van der Waals surface area contributed by atoms with E-state index in [4.69, 9.17) is 83.5 Å². The molecule has 26 N–H and O–H groups in total. The van der Waals surface area contributed by atoms with E-state index in [1.807, 2.05) is 0 Å². The third-order valence-electron chi connectivity index (χ3n) is 18.5. The van der Waals surface area contributed by atoms with Gasteiger partial charge < -0.3 is 186 Å². The van der Waals surface area contributed by atoms with E-state index in [0.717, 1.165) is 35.0 Å². The Morgan fingerprint density at radius 1 is 0.386 bits per heavy atom. The third kappa shape index (κ3) is 33.7. The molecule has 114 heavy (non-hydrogen) atoms. The fraction of sp³-hybridized carbons (Fsp3) is 0.940. The number of rotatable bonds is 52. The number of nitrogens with two attached hydrogens (primary N) is 3. The van der Waals surface area contributed by atoms with Crippen LogP contribution in [0.5, 0.6) is 0 Å². The SMILES string of the molecule is CNC(=O)CCC(=O)NCCSCCCOC1[C@@H](OC)OC(CO[C@H]2OC(CO)[C@@H](O)[C@H](O)C2OCCCSCCN=C(N)CS[C@@H]2OC(CO)[C@H](O)C(O)[C@@H]2O)[C@@H](O)[C@@H]1O.CO[C@H]1OC(CO[C@H]2OC(CO)[C@@H](O)[C@H](O)C2OCCCSCCN=C(N)CS[C@@H]2OC(CO)[C@H](O)C(O)[C@@H]2O)[C@@H](O)[C@H](O)C1OCCCSCCN. The molecule has 47 heteroatoms. The molecule has 6 saturated heterocycles. The Morgan fingerprint density at radius 2 is 0.702 bits per heavy atom. The van der Waals surface area contributed by atoms with Crippen LogP contribution in [0.1, 0.15) is 38.5 Å². The summed E-state index contributed by atoms with van der Waals surface area (Å²) < 4.78 is 80.0. The molecule has 12 unspecified atom stereocenters. The van der Waals surface area contributed by atoms with Crippen LogP contribution in [0.15, 0.2) is 9.98 Å². The van der Waals surface area contributed by atoms with Crippen molar-refractivity contribution in [1.29, 1.82) is 0 Å². The summed E-state index contributed by atoms with van der Waals surface area (Å²) in [7, 11) is 4.26. The molecule has 668 valence electrons. The average Bonchev–Trinajstić information content (AvgIpc) is 0.781. The monoisotopic (exact) mass is 1760 g/mol. The minimum Gasteiger partial charge on any atom is -0.394 e. The van der Waals surface area contributed by atoms with E-state index in [1.54, 1.807) is 47.0 Å². The number of amidine groups is 2. The van der Waals surface area contributed by atoms with E-state index >= 15 is 0 Å². The molecule has 0 aliphatic carbocycles. The fourth-order valence-electron chi connectivity index (χ4n) is 12.0. The van der Waals surface area contributed by atoms with Crippen LogP contribution in [0.3, 0.4) is 0 Å². The van der Waals surface area contributed by atoms with Gasteiger partial charge in [0.2, 0.25) is 11.8 Å². The van der Waals surface area contributed by atoms with Gasteiger partial charge in [-0.2, -0.15) is 47.0 Å². The number of carbonyl (C=O) groups is 2. The summed E-state index contributed by atoms with van der Waals surface area (Å²) >= 11 is 8.59. The van der Waals surface area contributed by atoms with Crippen LogP contribution in [-0.4, -0.2) is 469 Å². The van der Waals surface area contributed by atoms with Crippen molar-refractivity contribution in [3.8, 4) is 0 Å². The van der Waals surface area contributed by atoms with E-state index in [1.165, 1.54) is 21.3 Å². The molecule has 6 aliphatic heterocycles. The Morgan fingerprint density at radius 3 is 1.05 bits per heavy atom. The lowest BCUT2D eigenvalue weighted by Gasteiger charge is -2.44. The molecule has 0 spiro atoms. The van der Waals surface area contributed by atoms with Crippen molar-refractivity contribution in [1.82, 2.24) is 10.6 Å². The molecule has 41 nitrogen and oxygen atoms in total. The molecule has 2 amide bonds. The number of aliphatic hydroxyl groups is 18. The van der Waals surface area contributed by atoms with Crippen LogP contribution < -0.4 is 27.8 Å². The van der Waals surface area contributed by atoms with Gasteiger partial charge in [-0.25, -0.2) is 0 Å². The topological polar surface area (TPSA) is 654 Å². The predicted octanol–water partition coefficient (Wildman–Crippen LogP) is -9.51. The quantitative estimate of drug-likeness (QED) is 0.0153. The molecule has 0 aromatic carbocycles. The van der Waals surface area contributed by atoms with Crippen molar-refractivity contribution in [2.24, 2.45) is 27.2 Å². The second kappa shape index (κ2) is 57.2. The second-order valence-electron chi connectivity index (χ2n) is 26.9. The van der Waals surface area contributed by atoms with Gasteiger partial charge in [-0.1, -0.05) is 0 Å². The Kier molecular flexibility index (Phi) is 51.8. The third-order valence-corrected chi connectivity index (χ3v) is 25.1. The van der Waals surface area contributed by atoms with Gasteiger partial charge in [0.25, 0.3) is 0 Å². The molecule has 6 rings (SSSR count). The maximum atomic E-state index is 11.8. The fourth-order valence-corrected chi connectivity index (χ4v) is 17.0. The lowest BCUT2D eigenvalue weighted by molar-refractivity contribution is -0.335. The number of hydrogen-bond acceptors (Lipinski definition) is 43. The van der Waals surface area contributed by atoms with E-state index in [-0.39, 0.29) is 75.0 Å². The Labute approximate surface area is 688 Å². The number of aliphatic imine (C=N–C) groups is 2. The normalized spacial score (nSPS) is 36.3. The van der Waals surface area contributed by atoms with Crippen LogP contribution in [-0.2, 0) is 75.9 Å². The first-order valence-corrected chi connectivity index (χ1v) is 44.4. The summed E-state index contributed by atoms with van der Waals surface area (Å²) in [6.07, 6.45) is -33.0. The van der Waals surface area contributed by atoms with E-state index in [9.17, 15) is 102 Å². The number of nitrogens with zero attached hydrogens (tertiary/aromatic N) is 2. The molecule has 6 fully saturated rings. The van der Waals surface area contributed by atoms with Crippen molar-refractivity contribution in [3.05, 3.63) is 0 Å². The number of methoxy groups -OCH3 is 2. The van der Waals surface area contributed by atoms with Gasteiger partial charge in [0, 0.05) is 110 Å². The minimum absolute atomic E-state index is 0.119. The Hall–Kier alpha value is -1.34. The van der Waals surface area contributed by atoms with Crippen LogP contribution in [0.25, 0.3) is 0 Å². The molecule has 0 bridgehead atoms. The second-order valence-corrected chi connectivity index (χ2v) is 34.0. The van der Waals surface area contributed by atoms with Crippen molar-refractivity contribution in [3.63, 3.8) is 0 Å². The summed E-state index contributed by atoms with van der Waals surface area (Å²) in [5.74, 6) is 6.09. The minimum atomic E-state index is -1.49. The summed E-state index contributed by atoms with van der Waals surface area (Å²) in [4.78, 5) is 31.7. The number of aliphatic hydroxyl groups excluding tert-OH is 18. The highest BCUT2D eigenvalue weighted by molar-refractivity contribution is 8.01. The number of hydrogen-bond donors (Lipinski definition) is 23. The Balaban J connectivity index is 0.000000411. The number of amides is 2. The average molecular weight is 1770 g/mol. The van der Waals surface area contributed by atoms with E-state index < -0.39 is 209 Å². The lowest BCUT2D eigenvalue weighted by Crippen LogP contribution is -2.62. The number of ether oxygens (including phenoxy) is 14. The molecular formula is C67H125N7O34S6. The molecule has 0 aromatic rings. The molecule has 0 saturated carbocycles. The predicted molar refractivity (Wildman–Crippen MR) is 420 cm³/mol. The standard InChI is InChI=1S/C36H66N4O18S3.C31H59N3O16S3/c1-38-23(43)5-6-24(44)40-8-14-60-12-3-9-53-32-30(50)27(47)21(57-34(32)52-2)17-55-35-33(29(49)26(46)19(15-41)56-35)54-10-4-11-59-13-7-39-22(37)18-61-36-31(51)28(48)25(45)20(16-42)58-36;1-44-29-27(45-6-2-8-51-10-4-32)25(42)22(39)18(49-29)14-47-30-28(24(41)21(38)16(12-35)48-30)46-7-3-9-52-11-5-34-19(33)15-53-31-26(43)23(40)20(37)17(13-36)50-31/h19-21,25-36,41-42,45-51H,3-18H2,1-2H3,(H2,37,39)(H,38,43)(H,40,44);16-18,20-31,35-43H,2-15,32H2,1H3,(H2,33,34)/t19?,20?,21?,25-,26+,27+,28?,29-,30-,31-,32?,33?,34-,35-,36-;16?,17?,18?,20-,21+,22+,23?,24-,25-,26-,27?,28?,29-,30-,31-/m00/s1. The van der Waals surface area contributed by atoms with Gasteiger partial charge in [-0.15, -0.1) is 23.5 Å². The van der Waals surface area contributed by atoms with Crippen molar-refractivity contribution < 1.29 is 168 Å². The van der Waals surface area contributed by atoms with E-state index in [0.29, 0.717) is 98.8 Å². The summed E-state index contributed by atoms with van der Waals surface area (Å²) in [6, 6.07) is 0. The summed E-state index contributed by atoms with van der Waals surface area (Å²) in [6.45, 7) is -0.271. The van der Waals surface area contributed by atoms with Crippen LogP contribution in [0, 0.1) is 0 Å². The van der Waals surface area contributed by atoms with Gasteiger partial charge in [0.1, 0.15) is 169 Å². The first-order chi connectivity index (χ1) is 54.7. The molecule has 0 aromatic heterocycles. The first kappa shape index (κ1) is 103. The van der Waals surface area contributed by atoms with Crippen LogP contribution >= 0.6 is 70.6 Å². The van der Waals surface area contributed by atoms with Gasteiger partial charge in [-0.3, -0.25) is 19.6 Å². The molecule has 0 radical (unpaired) electrons. The summed E-state index contributed by atoms with van der Waals surface area (Å²) in [5, 5.41) is 190. The summed E-state index contributed by atoms with van der Waals surface area (Å²) in [5.41, 5.74) is 15.7. The van der Waals surface area contributed by atoms with Crippen molar-refractivity contribution in [2.75, 3.05) is 171 Å². The number of thioether (sulfide) groups is 6. The highest BCUT2D eigenvalue weighted by atomic mass is 32.2. The zero-order valence-corrected chi connectivity index (χ0v) is 69.1. The number of carbonyl (C=O) groups excluding carboxylic acids is 2. The van der Waals surface area contributed by atoms with E-state index in [2.05, 4.69) is 20.6 Å².